The summed E-state index contributed by atoms with van der Waals surface area (Å²) in [5, 5.41) is 9.60. The van der Waals surface area contributed by atoms with Gasteiger partial charge >= 0.3 is 0 Å². The third-order valence-electron chi connectivity index (χ3n) is 4.10. The van der Waals surface area contributed by atoms with Gasteiger partial charge in [-0.3, -0.25) is 0 Å². The zero-order valence-corrected chi connectivity index (χ0v) is 15.7. The van der Waals surface area contributed by atoms with Crippen LogP contribution in [0.5, 0.6) is 17.2 Å². The highest BCUT2D eigenvalue weighted by Gasteiger charge is 2.10. The van der Waals surface area contributed by atoms with E-state index in [0.717, 1.165) is 11.1 Å². The van der Waals surface area contributed by atoms with Crippen LogP contribution in [-0.4, -0.2) is 24.4 Å². The average molecular weight is 379 g/mol. The Bertz CT molecular complexity index is 840. The van der Waals surface area contributed by atoms with Crippen molar-refractivity contribution in [1.82, 2.24) is 0 Å². The predicted octanol–water partition coefficient (Wildman–Crippen LogP) is 3.54. The molecule has 0 aromatic heterocycles. The lowest BCUT2D eigenvalue weighted by Gasteiger charge is -2.16. The molecule has 0 aliphatic carbocycles. The molecule has 3 N–H and O–H groups in total. The average Bonchev–Trinajstić information content (AvgIpc) is 2.76. The molecule has 5 nitrogen and oxygen atoms in total. The number of rotatable bonds is 10. The molecule has 0 radical (unpaired) electrons. The lowest BCUT2D eigenvalue weighted by Crippen LogP contribution is -2.26. The number of aliphatic hydroxyl groups excluding tert-OH is 1. The molecule has 146 valence electrons. The maximum absolute atomic E-state index is 9.60. The second-order valence-electron chi connectivity index (χ2n) is 6.36. The van der Waals surface area contributed by atoms with E-state index in [1.165, 1.54) is 0 Å². The van der Waals surface area contributed by atoms with Crippen LogP contribution in [0.25, 0.3) is 0 Å². The van der Waals surface area contributed by atoms with Crippen molar-refractivity contribution in [1.29, 1.82) is 0 Å². The second kappa shape index (κ2) is 10.3. The van der Waals surface area contributed by atoms with Crippen LogP contribution in [0, 0.1) is 0 Å². The Kier molecular flexibility index (Phi) is 7.29. The highest BCUT2D eigenvalue weighted by atomic mass is 16.5. The zero-order valence-electron chi connectivity index (χ0n) is 15.7. The fraction of sp³-hybridized carbons (Fsp3) is 0.217. The van der Waals surface area contributed by atoms with Gasteiger partial charge in [0.25, 0.3) is 0 Å². The molecule has 0 bridgehead atoms. The highest BCUT2D eigenvalue weighted by molar-refractivity contribution is 5.46. The maximum atomic E-state index is 9.60. The first-order chi connectivity index (χ1) is 13.7. The van der Waals surface area contributed by atoms with E-state index in [1.807, 2.05) is 66.7 Å². The van der Waals surface area contributed by atoms with Crippen molar-refractivity contribution < 1.29 is 19.3 Å². The number of hydrogen-bond donors (Lipinski definition) is 2. The summed E-state index contributed by atoms with van der Waals surface area (Å²) in [7, 11) is 0. The third-order valence-corrected chi connectivity index (χ3v) is 4.10. The van der Waals surface area contributed by atoms with Gasteiger partial charge in [-0.15, -0.1) is 0 Å². The largest absolute Gasteiger partial charge is 0.491 e. The minimum absolute atomic E-state index is 0.124. The Morgan fingerprint density at radius 2 is 1.29 bits per heavy atom. The van der Waals surface area contributed by atoms with Crippen molar-refractivity contribution in [3.63, 3.8) is 0 Å². The van der Waals surface area contributed by atoms with E-state index in [2.05, 4.69) is 0 Å². The molecule has 0 spiro atoms. The van der Waals surface area contributed by atoms with Gasteiger partial charge in [0, 0.05) is 12.6 Å². The van der Waals surface area contributed by atoms with Gasteiger partial charge in [0.1, 0.15) is 31.7 Å². The summed E-state index contributed by atoms with van der Waals surface area (Å²) in [6, 6.07) is 25.2. The van der Waals surface area contributed by atoms with Crippen LogP contribution in [0.4, 0.5) is 0 Å². The molecule has 0 fully saturated rings. The van der Waals surface area contributed by atoms with Crippen LogP contribution in [0.2, 0.25) is 0 Å². The Hall–Kier alpha value is -3.02. The number of ether oxygens (including phenoxy) is 3. The minimum Gasteiger partial charge on any atom is -0.491 e. The van der Waals surface area contributed by atoms with E-state index in [9.17, 15) is 5.11 Å². The summed E-state index contributed by atoms with van der Waals surface area (Å²) in [4.78, 5) is 0. The summed E-state index contributed by atoms with van der Waals surface area (Å²) in [5.41, 5.74) is 7.55. The monoisotopic (exact) mass is 379 g/mol. The van der Waals surface area contributed by atoms with Gasteiger partial charge in [-0.05, 0) is 23.3 Å². The molecule has 0 heterocycles. The molecular formula is C23H25NO4. The first-order valence-electron chi connectivity index (χ1n) is 9.23. The van der Waals surface area contributed by atoms with E-state index >= 15 is 0 Å². The molecule has 3 rings (SSSR count). The van der Waals surface area contributed by atoms with Crippen LogP contribution in [0.15, 0.2) is 78.9 Å². The summed E-state index contributed by atoms with van der Waals surface area (Å²) in [6.45, 7) is 1.13. The molecule has 0 amide bonds. The van der Waals surface area contributed by atoms with E-state index < -0.39 is 6.10 Å². The summed E-state index contributed by atoms with van der Waals surface area (Å²) in [6.07, 6.45) is -0.706. The first-order valence-corrected chi connectivity index (χ1v) is 9.23. The van der Waals surface area contributed by atoms with Crippen LogP contribution in [-0.2, 0) is 13.2 Å². The van der Waals surface area contributed by atoms with Gasteiger partial charge in [0.2, 0.25) is 0 Å². The minimum atomic E-state index is -0.706. The topological polar surface area (TPSA) is 73.9 Å². The molecule has 0 aliphatic rings. The summed E-state index contributed by atoms with van der Waals surface area (Å²) < 4.78 is 17.6. The van der Waals surface area contributed by atoms with E-state index in [0.29, 0.717) is 30.5 Å². The summed E-state index contributed by atoms with van der Waals surface area (Å²) in [5.74, 6) is 1.80. The number of aliphatic hydroxyl groups is 1. The van der Waals surface area contributed by atoms with Crippen molar-refractivity contribution in [2.75, 3.05) is 13.2 Å². The standard InChI is InChI=1S/C23H25NO4/c24-14-20(25)17-26-21-11-12-22(27-15-18-7-3-1-4-8-18)23(13-21)28-16-19-9-5-2-6-10-19/h1-13,20,25H,14-17,24H2/t20-/m1/s1. The first kappa shape index (κ1) is 19.7. The van der Waals surface area contributed by atoms with Crippen molar-refractivity contribution in [3.05, 3.63) is 90.0 Å². The molecule has 0 unspecified atom stereocenters. The number of benzene rings is 3. The Morgan fingerprint density at radius 1 is 0.714 bits per heavy atom. The van der Waals surface area contributed by atoms with Gasteiger partial charge in [0.15, 0.2) is 11.5 Å². The third kappa shape index (κ3) is 6.01. The number of hydrogen-bond acceptors (Lipinski definition) is 5. The van der Waals surface area contributed by atoms with E-state index in [1.54, 1.807) is 12.1 Å². The molecule has 5 heteroatoms. The molecule has 0 saturated heterocycles. The van der Waals surface area contributed by atoms with Gasteiger partial charge < -0.3 is 25.1 Å². The van der Waals surface area contributed by atoms with Crippen LogP contribution in [0.1, 0.15) is 11.1 Å². The molecule has 3 aromatic carbocycles. The van der Waals surface area contributed by atoms with Crippen molar-refractivity contribution >= 4 is 0 Å². The maximum Gasteiger partial charge on any atom is 0.165 e. The highest BCUT2D eigenvalue weighted by Crippen LogP contribution is 2.33. The summed E-state index contributed by atoms with van der Waals surface area (Å²) >= 11 is 0. The van der Waals surface area contributed by atoms with Crippen molar-refractivity contribution in [2.24, 2.45) is 5.73 Å². The van der Waals surface area contributed by atoms with Gasteiger partial charge in [-0.1, -0.05) is 60.7 Å². The van der Waals surface area contributed by atoms with Crippen molar-refractivity contribution in [2.45, 2.75) is 19.3 Å². The Balaban J connectivity index is 1.72. The second-order valence-corrected chi connectivity index (χ2v) is 6.36. The fourth-order valence-electron chi connectivity index (χ4n) is 2.54. The SMILES string of the molecule is NC[C@@H](O)COc1ccc(OCc2ccccc2)c(OCc2ccccc2)c1. The molecule has 0 aliphatic heterocycles. The molecule has 1 atom stereocenters. The van der Waals surface area contributed by atoms with Crippen LogP contribution < -0.4 is 19.9 Å². The molecule has 0 saturated carbocycles. The smallest absolute Gasteiger partial charge is 0.165 e. The van der Waals surface area contributed by atoms with Gasteiger partial charge in [-0.25, -0.2) is 0 Å². The molecular weight excluding hydrogens is 354 g/mol. The molecule has 28 heavy (non-hydrogen) atoms. The lowest BCUT2D eigenvalue weighted by atomic mass is 10.2. The Morgan fingerprint density at radius 3 is 1.86 bits per heavy atom. The van der Waals surface area contributed by atoms with Gasteiger partial charge in [-0.2, -0.15) is 0 Å². The normalized spacial score (nSPS) is 11.6. The molecule has 3 aromatic rings. The predicted molar refractivity (Wildman–Crippen MR) is 109 cm³/mol. The van der Waals surface area contributed by atoms with Crippen LogP contribution in [0.3, 0.4) is 0 Å². The van der Waals surface area contributed by atoms with Crippen molar-refractivity contribution in [3.8, 4) is 17.2 Å². The van der Waals surface area contributed by atoms with E-state index in [4.69, 9.17) is 19.9 Å². The quantitative estimate of drug-likeness (QED) is 0.564. The Labute approximate surface area is 165 Å². The zero-order chi connectivity index (χ0) is 19.6. The van der Waals surface area contributed by atoms with E-state index in [-0.39, 0.29) is 13.2 Å². The lowest BCUT2D eigenvalue weighted by molar-refractivity contribution is 0.114. The number of nitrogens with two attached hydrogens (primary N) is 1. The fourth-order valence-corrected chi connectivity index (χ4v) is 2.54. The van der Waals surface area contributed by atoms with Gasteiger partial charge in [0.05, 0.1) is 0 Å². The van der Waals surface area contributed by atoms with Crippen LogP contribution >= 0.6 is 0 Å².